The number of hydrogen-bond acceptors (Lipinski definition) is 2. The number of hydrogen-bond donors (Lipinski definition) is 1. The second-order valence-electron chi connectivity index (χ2n) is 3.87. The quantitative estimate of drug-likeness (QED) is 0.662. The second kappa shape index (κ2) is 3.05. The number of nitrogens with one attached hydrogen (secondary N) is 1. The molecule has 0 aromatic heterocycles. The zero-order valence-electron chi connectivity index (χ0n) is 7.55. The molecule has 1 amide bonds. The van der Waals surface area contributed by atoms with E-state index in [0.717, 1.165) is 25.0 Å². The second-order valence-corrected chi connectivity index (χ2v) is 3.87. The van der Waals surface area contributed by atoms with Crippen LogP contribution in [0.5, 0.6) is 0 Å². The highest BCUT2D eigenvalue weighted by atomic mass is 16.2. The van der Waals surface area contributed by atoms with Gasteiger partial charge in [0.1, 0.15) is 0 Å². The van der Waals surface area contributed by atoms with Crippen molar-refractivity contribution in [3.05, 3.63) is 0 Å². The summed E-state index contributed by atoms with van der Waals surface area (Å²) in [5.41, 5.74) is 0. The summed E-state index contributed by atoms with van der Waals surface area (Å²) in [5.74, 6) is 1.98. The van der Waals surface area contributed by atoms with Crippen LogP contribution in [0.1, 0.15) is 19.8 Å². The molecule has 2 aliphatic rings. The highest BCUT2D eigenvalue weighted by molar-refractivity contribution is 5.80. The van der Waals surface area contributed by atoms with E-state index in [-0.39, 0.29) is 5.91 Å². The van der Waals surface area contributed by atoms with Gasteiger partial charge in [-0.2, -0.15) is 0 Å². The Bertz CT molecular complexity index is 193. The summed E-state index contributed by atoms with van der Waals surface area (Å²) >= 11 is 0. The van der Waals surface area contributed by atoms with Gasteiger partial charge < -0.3 is 4.90 Å². The first-order valence-corrected chi connectivity index (χ1v) is 4.79. The Morgan fingerprint density at radius 1 is 1.58 bits per heavy atom. The van der Waals surface area contributed by atoms with Gasteiger partial charge in [0.2, 0.25) is 5.91 Å². The first-order valence-electron chi connectivity index (χ1n) is 4.79. The lowest BCUT2D eigenvalue weighted by molar-refractivity contribution is -0.126. The Morgan fingerprint density at radius 3 is 2.92 bits per heavy atom. The fourth-order valence-electron chi connectivity index (χ4n) is 1.98. The van der Waals surface area contributed by atoms with Crippen LogP contribution in [0.25, 0.3) is 0 Å². The summed E-state index contributed by atoms with van der Waals surface area (Å²) in [6, 6.07) is 0. The first kappa shape index (κ1) is 8.05. The fourth-order valence-corrected chi connectivity index (χ4v) is 1.98. The monoisotopic (exact) mass is 168 g/mol. The lowest BCUT2D eigenvalue weighted by atomic mass is 10.2. The van der Waals surface area contributed by atoms with Crippen molar-refractivity contribution in [3.8, 4) is 0 Å². The van der Waals surface area contributed by atoms with Gasteiger partial charge in [-0.25, -0.2) is 0 Å². The minimum Gasteiger partial charge on any atom is -0.329 e. The average Bonchev–Trinajstić information content (AvgIpc) is 2.70. The van der Waals surface area contributed by atoms with Gasteiger partial charge in [0, 0.05) is 6.54 Å². The van der Waals surface area contributed by atoms with E-state index in [0.29, 0.717) is 6.54 Å². The Labute approximate surface area is 73.1 Å². The smallest absolute Gasteiger partial charge is 0.237 e. The first-order chi connectivity index (χ1) is 5.81. The van der Waals surface area contributed by atoms with E-state index in [1.807, 2.05) is 4.90 Å². The minimum absolute atomic E-state index is 0.275. The summed E-state index contributed by atoms with van der Waals surface area (Å²) in [4.78, 5) is 13.1. The third-order valence-corrected chi connectivity index (χ3v) is 2.98. The SMILES string of the molecule is CCC1CC1CN1CNCC1=O. The van der Waals surface area contributed by atoms with Gasteiger partial charge in [-0.15, -0.1) is 0 Å². The van der Waals surface area contributed by atoms with Crippen molar-refractivity contribution < 1.29 is 4.79 Å². The van der Waals surface area contributed by atoms with E-state index < -0.39 is 0 Å². The van der Waals surface area contributed by atoms with E-state index in [4.69, 9.17) is 0 Å². The van der Waals surface area contributed by atoms with E-state index in [1.165, 1.54) is 12.8 Å². The molecule has 1 saturated carbocycles. The van der Waals surface area contributed by atoms with Crippen molar-refractivity contribution in [2.24, 2.45) is 11.8 Å². The van der Waals surface area contributed by atoms with Crippen LogP contribution in [0.2, 0.25) is 0 Å². The molecule has 0 aromatic carbocycles. The predicted molar refractivity (Wildman–Crippen MR) is 46.5 cm³/mol. The molecular formula is C9H16N2O. The lowest BCUT2D eigenvalue weighted by Crippen LogP contribution is -2.28. The van der Waals surface area contributed by atoms with Crippen LogP contribution in [-0.4, -0.2) is 30.6 Å². The summed E-state index contributed by atoms with van der Waals surface area (Å²) in [7, 11) is 0. The molecule has 68 valence electrons. The number of amides is 1. The molecule has 0 bridgehead atoms. The zero-order valence-corrected chi connectivity index (χ0v) is 7.55. The van der Waals surface area contributed by atoms with Crippen LogP contribution in [0.15, 0.2) is 0 Å². The molecule has 0 radical (unpaired) electrons. The largest absolute Gasteiger partial charge is 0.329 e. The average molecular weight is 168 g/mol. The van der Waals surface area contributed by atoms with Crippen LogP contribution in [0.3, 0.4) is 0 Å². The van der Waals surface area contributed by atoms with Crippen molar-refractivity contribution in [1.29, 1.82) is 0 Å². The topological polar surface area (TPSA) is 32.3 Å². The van der Waals surface area contributed by atoms with Crippen molar-refractivity contribution in [3.63, 3.8) is 0 Å². The van der Waals surface area contributed by atoms with Gasteiger partial charge in [0.25, 0.3) is 0 Å². The Hall–Kier alpha value is -0.570. The molecule has 1 aliphatic heterocycles. The van der Waals surface area contributed by atoms with E-state index in [9.17, 15) is 4.79 Å². The predicted octanol–water partition coefficient (Wildman–Crippen LogP) is 0.422. The highest BCUT2D eigenvalue weighted by Gasteiger charge is 2.38. The van der Waals surface area contributed by atoms with Gasteiger partial charge in [-0.05, 0) is 18.3 Å². The van der Waals surface area contributed by atoms with Gasteiger partial charge in [0.15, 0.2) is 0 Å². The molecule has 1 N–H and O–H groups in total. The van der Waals surface area contributed by atoms with Crippen molar-refractivity contribution in [2.75, 3.05) is 19.8 Å². The van der Waals surface area contributed by atoms with E-state index in [2.05, 4.69) is 12.2 Å². The van der Waals surface area contributed by atoms with Gasteiger partial charge >= 0.3 is 0 Å². The maximum absolute atomic E-state index is 11.2. The van der Waals surface area contributed by atoms with Gasteiger partial charge in [-0.3, -0.25) is 10.1 Å². The van der Waals surface area contributed by atoms with Crippen molar-refractivity contribution in [1.82, 2.24) is 10.2 Å². The number of carbonyl (C=O) groups is 1. The molecule has 1 saturated heterocycles. The van der Waals surface area contributed by atoms with Crippen LogP contribution in [0.4, 0.5) is 0 Å². The fraction of sp³-hybridized carbons (Fsp3) is 0.889. The summed E-state index contributed by atoms with van der Waals surface area (Å²) in [5, 5.41) is 3.06. The zero-order chi connectivity index (χ0) is 8.55. The number of nitrogens with zero attached hydrogens (tertiary/aromatic N) is 1. The third-order valence-electron chi connectivity index (χ3n) is 2.98. The summed E-state index contributed by atoms with van der Waals surface area (Å²) < 4.78 is 0. The molecule has 0 aromatic rings. The molecule has 2 rings (SSSR count). The Balaban J connectivity index is 1.77. The molecule has 1 heterocycles. The van der Waals surface area contributed by atoms with Crippen LogP contribution < -0.4 is 5.32 Å². The normalized spacial score (nSPS) is 34.4. The summed E-state index contributed by atoms with van der Waals surface area (Å²) in [6.45, 7) is 4.54. The van der Waals surface area contributed by atoms with Gasteiger partial charge in [0.05, 0.1) is 13.2 Å². The molecule has 3 nitrogen and oxygen atoms in total. The maximum Gasteiger partial charge on any atom is 0.237 e. The molecule has 2 fully saturated rings. The Morgan fingerprint density at radius 2 is 2.42 bits per heavy atom. The maximum atomic E-state index is 11.2. The molecule has 2 atom stereocenters. The molecule has 12 heavy (non-hydrogen) atoms. The van der Waals surface area contributed by atoms with Crippen LogP contribution >= 0.6 is 0 Å². The highest BCUT2D eigenvalue weighted by Crippen LogP contribution is 2.41. The van der Waals surface area contributed by atoms with E-state index in [1.54, 1.807) is 0 Å². The lowest BCUT2D eigenvalue weighted by Gasteiger charge is -2.13. The summed E-state index contributed by atoms with van der Waals surface area (Å²) in [6.07, 6.45) is 2.61. The minimum atomic E-state index is 0.275. The molecular weight excluding hydrogens is 152 g/mol. The van der Waals surface area contributed by atoms with E-state index >= 15 is 0 Å². The number of rotatable bonds is 3. The van der Waals surface area contributed by atoms with Crippen molar-refractivity contribution >= 4 is 5.91 Å². The standard InChI is InChI=1S/C9H16N2O/c1-2-7-3-8(7)5-11-6-10-4-9(11)12/h7-8,10H,2-6H2,1H3. The van der Waals surface area contributed by atoms with Crippen molar-refractivity contribution in [2.45, 2.75) is 19.8 Å². The molecule has 2 unspecified atom stereocenters. The third kappa shape index (κ3) is 1.46. The number of carbonyl (C=O) groups excluding carboxylic acids is 1. The van der Waals surface area contributed by atoms with Gasteiger partial charge in [-0.1, -0.05) is 13.3 Å². The molecule has 0 spiro atoms. The molecule has 3 heteroatoms. The molecule has 1 aliphatic carbocycles. The van der Waals surface area contributed by atoms with Crippen LogP contribution in [-0.2, 0) is 4.79 Å². The van der Waals surface area contributed by atoms with Crippen LogP contribution in [0, 0.1) is 11.8 Å². The Kier molecular flexibility index (Phi) is 2.05.